The van der Waals surface area contributed by atoms with E-state index < -0.39 is 11.2 Å². The first-order chi connectivity index (χ1) is 11.5. The summed E-state index contributed by atoms with van der Waals surface area (Å²) in [6, 6.07) is 9.54. The average Bonchev–Trinajstić information content (AvgIpc) is 3.14. The van der Waals surface area contributed by atoms with Crippen molar-refractivity contribution in [1.29, 1.82) is 0 Å². The largest absolute Gasteiger partial charge is 0.370 e. The Bertz CT molecular complexity index is 775. The van der Waals surface area contributed by atoms with Crippen molar-refractivity contribution in [2.75, 3.05) is 0 Å². The molecule has 1 saturated heterocycles. The minimum Gasteiger partial charge on any atom is -0.370 e. The Morgan fingerprint density at radius 3 is 2.67 bits per heavy atom. The third-order valence-electron chi connectivity index (χ3n) is 3.35. The zero-order valence-electron chi connectivity index (χ0n) is 12.5. The fourth-order valence-corrected chi connectivity index (χ4v) is 4.10. The Hall–Kier alpha value is -2.19. The quantitative estimate of drug-likeness (QED) is 0.887. The lowest BCUT2D eigenvalue weighted by Crippen LogP contribution is -2.32. The Morgan fingerprint density at radius 1 is 1.29 bits per heavy atom. The second-order valence-electron chi connectivity index (χ2n) is 5.15. The van der Waals surface area contributed by atoms with Crippen molar-refractivity contribution in [3.8, 4) is 0 Å². The molecule has 1 aromatic carbocycles. The number of carbonyl (C=O) groups excluding carboxylic acids is 2. The van der Waals surface area contributed by atoms with Gasteiger partial charge >= 0.3 is 0 Å². The van der Waals surface area contributed by atoms with Crippen LogP contribution in [-0.2, 0) is 16.1 Å². The Kier molecular flexibility index (Phi) is 4.96. The molecule has 5 nitrogen and oxygen atoms in total. The number of aliphatic imine (C=N–C) groups is 1. The number of halogens is 1. The van der Waals surface area contributed by atoms with Gasteiger partial charge in [-0.05, 0) is 35.7 Å². The summed E-state index contributed by atoms with van der Waals surface area (Å²) in [6.07, 6.45) is -0.0348. The standard InChI is InChI=1S/C16H14FN3O2S2/c17-10-3-5-11(6-4-10)19-16-20(9-12-2-1-7-23-12)15(22)13(24-16)8-14(18)21/h1-7,13H,8-9H2,(H2,18,21). The Balaban J connectivity index is 1.89. The molecule has 1 unspecified atom stereocenters. The summed E-state index contributed by atoms with van der Waals surface area (Å²) < 4.78 is 13.0. The van der Waals surface area contributed by atoms with E-state index in [9.17, 15) is 14.0 Å². The fourth-order valence-electron chi connectivity index (χ4n) is 2.24. The summed E-state index contributed by atoms with van der Waals surface area (Å²) in [5.74, 6) is -1.07. The van der Waals surface area contributed by atoms with Gasteiger partial charge in [0.1, 0.15) is 11.1 Å². The predicted octanol–water partition coefficient (Wildman–Crippen LogP) is 2.89. The van der Waals surface area contributed by atoms with Crippen LogP contribution in [0.2, 0.25) is 0 Å². The maximum Gasteiger partial charge on any atom is 0.243 e. The Labute approximate surface area is 146 Å². The number of nitrogens with two attached hydrogens (primary N) is 1. The molecule has 2 N–H and O–H groups in total. The second kappa shape index (κ2) is 7.14. The number of benzene rings is 1. The van der Waals surface area contributed by atoms with Gasteiger partial charge in [-0.3, -0.25) is 14.5 Å². The van der Waals surface area contributed by atoms with Crippen LogP contribution in [0.1, 0.15) is 11.3 Å². The molecule has 124 valence electrons. The van der Waals surface area contributed by atoms with Crippen molar-refractivity contribution < 1.29 is 14.0 Å². The van der Waals surface area contributed by atoms with Crippen LogP contribution in [0.4, 0.5) is 10.1 Å². The molecular formula is C16H14FN3O2S2. The molecule has 1 fully saturated rings. The molecule has 2 aromatic rings. The van der Waals surface area contributed by atoms with Crippen molar-refractivity contribution in [3.63, 3.8) is 0 Å². The molecule has 0 saturated carbocycles. The van der Waals surface area contributed by atoms with Gasteiger partial charge in [-0.1, -0.05) is 17.8 Å². The van der Waals surface area contributed by atoms with E-state index in [1.54, 1.807) is 4.90 Å². The minimum atomic E-state index is -0.568. The molecule has 2 heterocycles. The molecule has 0 radical (unpaired) electrons. The average molecular weight is 363 g/mol. The van der Waals surface area contributed by atoms with E-state index in [1.807, 2.05) is 17.5 Å². The van der Waals surface area contributed by atoms with E-state index in [2.05, 4.69) is 4.99 Å². The first-order valence-corrected chi connectivity index (χ1v) is 8.92. The van der Waals surface area contributed by atoms with E-state index in [1.165, 1.54) is 47.4 Å². The SMILES string of the molecule is NC(=O)CC1SC(=Nc2ccc(F)cc2)N(Cc2cccs2)C1=O. The highest BCUT2D eigenvalue weighted by Crippen LogP contribution is 2.33. The molecule has 1 aliphatic rings. The maximum atomic E-state index is 13.0. The highest BCUT2D eigenvalue weighted by molar-refractivity contribution is 8.15. The van der Waals surface area contributed by atoms with Gasteiger partial charge in [0, 0.05) is 11.3 Å². The van der Waals surface area contributed by atoms with Gasteiger partial charge in [0.2, 0.25) is 11.8 Å². The topological polar surface area (TPSA) is 75.8 Å². The van der Waals surface area contributed by atoms with Crippen LogP contribution in [0.25, 0.3) is 0 Å². The van der Waals surface area contributed by atoms with E-state index in [0.717, 1.165) is 4.88 Å². The molecule has 1 aliphatic heterocycles. The fraction of sp³-hybridized carbons (Fsp3) is 0.188. The number of thiophene rings is 1. The molecule has 0 spiro atoms. The number of carbonyl (C=O) groups is 2. The van der Waals surface area contributed by atoms with Gasteiger partial charge in [0.25, 0.3) is 0 Å². The molecule has 2 amide bonds. The third-order valence-corrected chi connectivity index (χ3v) is 5.39. The normalized spacial score (nSPS) is 19.2. The number of rotatable bonds is 5. The summed E-state index contributed by atoms with van der Waals surface area (Å²) in [5.41, 5.74) is 5.77. The van der Waals surface area contributed by atoms with Crippen molar-refractivity contribution >= 4 is 45.8 Å². The highest BCUT2D eigenvalue weighted by atomic mass is 32.2. The van der Waals surface area contributed by atoms with E-state index in [4.69, 9.17) is 5.73 Å². The smallest absolute Gasteiger partial charge is 0.243 e. The minimum absolute atomic E-state index is 0.0348. The van der Waals surface area contributed by atoms with Crippen LogP contribution in [0, 0.1) is 5.82 Å². The van der Waals surface area contributed by atoms with Crippen LogP contribution >= 0.6 is 23.1 Å². The van der Waals surface area contributed by atoms with E-state index in [-0.39, 0.29) is 18.1 Å². The van der Waals surface area contributed by atoms with Crippen molar-refractivity contribution in [3.05, 3.63) is 52.5 Å². The van der Waals surface area contributed by atoms with Gasteiger partial charge in [-0.2, -0.15) is 0 Å². The number of nitrogens with zero attached hydrogens (tertiary/aromatic N) is 2. The summed E-state index contributed by atoms with van der Waals surface area (Å²) in [6.45, 7) is 0.388. The molecule has 1 atom stereocenters. The number of hydrogen-bond acceptors (Lipinski definition) is 5. The zero-order valence-corrected chi connectivity index (χ0v) is 14.1. The molecule has 1 aromatic heterocycles. The third kappa shape index (κ3) is 3.82. The van der Waals surface area contributed by atoms with Crippen molar-refractivity contribution in [2.45, 2.75) is 18.2 Å². The van der Waals surface area contributed by atoms with Gasteiger partial charge in [0.05, 0.1) is 12.2 Å². The lowest BCUT2D eigenvalue weighted by atomic mass is 10.2. The Morgan fingerprint density at radius 2 is 2.04 bits per heavy atom. The van der Waals surface area contributed by atoms with Crippen LogP contribution in [0.5, 0.6) is 0 Å². The summed E-state index contributed by atoms with van der Waals surface area (Å²) >= 11 is 2.75. The lowest BCUT2D eigenvalue weighted by molar-refractivity contribution is -0.128. The lowest BCUT2D eigenvalue weighted by Gasteiger charge is -2.15. The molecule has 0 aliphatic carbocycles. The monoisotopic (exact) mass is 363 g/mol. The predicted molar refractivity (Wildman–Crippen MR) is 93.6 cm³/mol. The first kappa shape index (κ1) is 16.7. The van der Waals surface area contributed by atoms with Gasteiger partial charge in [-0.25, -0.2) is 9.38 Å². The number of thioether (sulfide) groups is 1. The summed E-state index contributed by atoms with van der Waals surface area (Å²) in [4.78, 5) is 30.8. The van der Waals surface area contributed by atoms with Gasteiger partial charge < -0.3 is 5.73 Å². The van der Waals surface area contributed by atoms with Crippen molar-refractivity contribution in [2.24, 2.45) is 10.7 Å². The number of amidine groups is 1. The maximum absolute atomic E-state index is 13.0. The van der Waals surface area contributed by atoms with Gasteiger partial charge in [-0.15, -0.1) is 11.3 Å². The van der Waals surface area contributed by atoms with E-state index in [0.29, 0.717) is 17.4 Å². The number of primary amides is 1. The summed E-state index contributed by atoms with van der Waals surface area (Å²) in [5, 5.41) is 1.86. The molecule has 3 rings (SSSR count). The first-order valence-electron chi connectivity index (χ1n) is 7.16. The second-order valence-corrected chi connectivity index (χ2v) is 7.35. The van der Waals surface area contributed by atoms with Crippen molar-refractivity contribution in [1.82, 2.24) is 4.90 Å². The molecule has 8 heteroatoms. The molecule has 0 bridgehead atoms. The molecule has 24 heavy (non-hydrogen) atoms. The number of hydrogen-bond donors (Lipinski definition) is 1. The van der Waals surface area contributed by atoms with Crippen LogP contribution in [0.3, 0.4) is 0 Å². The van der Waals surface area contributed by atoms with Gasteiger partial charge in [0.15, 0.2) is 5.17 Å². The van der Waals surface area contributed by atoms with Crippen LogP contribution in [0.15, 0.2) is 46.8 Å². The van der Waals surface area contributed by atoms with E-state index >= 15 is 0 Å². The summed E-state index contributed by atoms with van der Waals surface area (Å²) in [7, 11) is 0. The van der Waals surface area contributed by atoms with Crippen LogP contribution in [-0.4, -0.2) is 27.1 Å². The van der Waals surface area contributed by atoms with Crippen LogP contribution < -0.4 is 5.73 Å². The molecular weight excluding hydrogens is 349 g/mol. The highest BCUT2D eigenvalue weighted by Gasteiger charge is 2.38. The zero-order chi connectivity index (χ0) is 17.1. The number of amides is 2.